The molecule has 0 heterocycles. The average molecular weight is 266 g/mol. The second kappa shape index (κ2) is 6.58. The monoisotopic (exact) mass is 265 g/mol. The number of nitriles is 1. The molecule has 0 amide bonds. The van der Waals surface area contributed by atoms with Crippen molar-refractivity contribution >= 4 is 23.3 Å². The maximum absolute atomic E-state index is 9.16. The van der Waals surface area contributed by atoms with Gasteiger partial charge in [-0.05, 0) is 29.3 Å². The van der Waals surface area contributed by atoms with Crippen LogP contribution in [0.3, 0.4) is 0 Å². The molecule has 0 fully saturated rings. The lowest BCUT2D eigenvalue weighted by molar-refractivity contribution is 1.52. The Morgan fingerprint density at radius 1 is 1.00 bits per heavy atom. The van der Waals surface area contributed by atoms with Crippen LogP contribution in [0.25, 0.3) is 11.6 Å². The fourth-order valence-electron chi connectivity index (χ4n) is 1.65. The van der Waals surface area contributed by atoms with Crippen molar-refractivity contribution in [1.82, 2.24) is 0 Å². The van der Waals surface area contributed by atoms with Crippen LogP contribution in [0.1, 0.15) is 11.1 Å². The molecular formula is C17H12ClN. The van der Waals surface area contributed by atoms with Gasteiger partial charge in [0.15, 0.2) is 0 Å². The molecule has 92 valence electrons. The number of hydrogen-bond acceptors (Lipinski definition) is 1. The summed E-state index contributed by atoms with van der Waals surface area (Å²) in [5.74, 6) is 0. The third-order valence-corrected chi connectivity index (χ3v) is 2.88. The lowest BCUT2D eigenvalue weighted by Crippen LogP contribution is -1.79. The van der Waals surface area contributed by atoms with E-state index >= 15 is 0 Å². The van der Waals surface area contributed by atoms with Crippen LogP contribution < -0.4 is 0 Å². The zero-order valence-electron chi connectivity index (χ0n) is 10.3. The highest BCUT2D eigenvalue weighted by Crippen LogP contribution is 2.17. The first kappa shape index (κ1) is 13.1. The van der Waals surface area contributed by atoms with Crippen molar-refractivity contribution in [2.75, 3.05) is 0 Å². The largest absolute Gasteiger partial charge is 0.192 e. The van der Waals surface area contributed by atoms with E-state index in [-0.39, 0.29) is 0 Å². The first-order chi connectivity index (χ1) is 9.29. The smallest absolute Gasteiger partial charge is 0.0997 e. The lowest BCUT2D eigenvalue weighted by Gasteiger charge is -1.97. The molecule has 0 saturated carbocycles. The van der Waals surface area contributed by atoms with Gasteiger partial charge < -0.3 is 0 Å². The first-order valence-corrected chi connectivity index (χ1v) is 6.27. The van der Waals surface area contributed by atoms with Crippen molar-refractivity contribution in [3.63, 3.8) is 0 Å². The van der Waals surface area contributed by atoms with Gasteiger partial charge in [-0.3, -0.25) is 0 Å². The molecule has 0 unspecified atom stereocenters. The van der Waals surface area contributed by atoms with Crippen LogP contribution >= 0.6 is 11.6 Å². The van der Waals surface area contributed by atoms with Gasteiger partial charge in [0.1, 0.15) is 0 Å². The fourth-order valence-corrected chi connectivity index (χ4v) is 1.77. The molecule has 2 aromatic carbocycles. The number of rotatable bonds is 3. The van der Waals surface area contributed by atoms with Gasteiger partial charge in [0.25, 0.3) is 0 Å². The van der Waals surface area contributed by atoms with Gasteiger partial charge in [-0.2, -0.15) is 5.26 Å². The van der Waals surface area contributed by atoms with Crippen molar-refractivity contribution in [1.29, 1.82) is 5.26 Å². The summed E-state index contributed by atoms with van der Waals surface area (Å²) in [6.45, 7) is 0. The molecule has 0 radical (unpaired) electrons. The molecule has 0 N–H and O–H groups in total. The first-order valence-electron chi connectivity index (χ1n) is 5.89. The van der Waals surface area contributed by atoms with Gasteiger partial charge >= 0.3 is 0 Å². The minimum atomic E-state index is 0.615. The normalized spacial score (nSPS) is 11.5. The van der Waals surface area contributed by atoms with Gasteiger partial charge in [0.05, 0.1) is 11.6 Å². The maximum Gasteiger partial charge on any atom is 0.0997 e. The molecule has 2 heteroatoms. The van der Waals surface area contributed by atoms with Gasteiger partial charge in [0, 0.05) is 5.02 Å². The van der Waals surface area contributed by atoms with Gasteiger partial charge in [-0.25, -0.2) is 0 Å². The summed E-state index contributed by atoms with van der Waals surface area (Å²) in [4.78, 5) is 0. The Labute approximate surface area is 118 Å². The van der Waals surface area contributed by atoms with E-state index in [2.05, 4.69) is 6.07 Å². The van der Waals surface area contributed by atoms with Gasteiger partial charge in [0.2, 0.25) is 0 Å². The van der Waals surface area contributed by atoms with Gasteiger partial charge in [-0.15, -0.1) is 0 Å². The van der Waals surface area contributed by atoms with Crippen LogP contribution in [0.15, 0.2) is 66.7 Å². The number of hydrogen-bond donors (Lipinski definition) is 0. The summed E-state index contributed by atoms with van der Waals surface area (Å²) >= 11 is 5.83. The van der Waals surface area contributed by atoms with E-state index in [4.69, 9.17) is 16.9 Å². The molecular weight excluding hydrogens is 254 g/mol. The van der Waals surface area contributed by atoms with Crippen molar-refractivity contribution < 1.29 is 0 Å². The van der Waals surface area contributed by atoms with E-state index in [0.717, 1.165) is 11.1 Å². The lowest BCUT2D eigenvalue weighted by atomic mass is 10.1. The van der Waals surface area contributed by atoms with E-state index < -0.39 is 0 Å². The fraction of sp³-hybridized carbons (Fsp3) is 0. The van der Waals surface area contributed by atoms with Crippen molar-refractivity contribution in [3.05, 3.63) is 82.9 Å². The van der Waals surface area contributed by atoms with Crippen molar-refractivity contribution in [3.8, 4) is 6.07 Å². The van der Waals surface area contributed by atoms with E-state index in [9.17, 15) is 0 Å². The second-order valence-corrected chi connectivity index (χ2v) is 4.41. The van der Waals surface area contributed by atoms with E-state index in [1.807, 2.05) is 54.6 Å². The summed E-state index contributed by atoms with van der Waals surface area (Å²) in [7, 11) is 0. The number of nitrogens with zero attached hydrogens (tertiary/aromatic N) is 1. The molecule has 0 bridgehead atoms. The summed E-state index contributed by atoms with van der Waals surface area (Å²) in [6.07, 6.45) is 5.64. The predicted molar refractivity (Wildman–Crippen MR) is 80.5 cm³/mol. The van der Waals surface area contributed by atoms with Crippen molar-refractivity contribution in [2.45, 2.75) is 0 Å². The number of allylic oxidation sites excluding steroid dienone is 3. The number of halogens is 1. The van der Waals surface area contributed by atoms with Gasteiger partial charge in [-0.1, -0.05) is 66.2 Å². The molecule has 0 aliphatic carbocycles. The zero-order chi connectivity index (χ0) is 13.5. The molecule has 0 aromatic heterocycles. The second-order valence-electron chi connectivity index (χ2n) is 3.97. The Morgan fingerprint density at radius 2 is 1.68 bits per heavy atom. The summed E-state index contributed by atoms with van der Waals surface area (Å²) in [5.41, 5.74) is 2.58. The molecule has 19 heavy (non-hydrogen) atoms. The van der Waals surface area contributed by atoms with Crippen LogP contribution in [-0.2, 0) is 0 Å². The minimum Gasteiger partial charge on any atom is -0.192 e. The Bertz CT molecular complexity index is 631. The van der Waals surface area contributed by atoms with E-state index in [0.29, 0.717) is 10.6 Å². The molecule has 0 saturated heterocycles. The molecule has 0 spiro atoms. The summed E-state index contributed by atoms with van der Waals surface area (Å²) in [5, 5.41) is 9.83. The van der Waals surface area contributed by atoms with Crippen molar-refractivity contribution in [2.24, 2.45) is 0 Å². The highest BCUT2D eigenvalue weighted by Gasteiger charge is 1.98. The highest BCUT2D eigenvalue weighted by atomic mass is 35.5. The standard InChI is InChI=1S/C17H12ClN/c18-17-11-9-15(10-12-17)16(13-19)8-4-7-14-5-2-1-3-6-14/h1-12H/b7-4+,16-8-. The Hall–Kier alpha value is -2.30. The molecule has 1 nitrogen and oxygen atoms in total. The molecule has 0 aliphatic heterocycles. The Kier molecular flexibility index (Phi) is 4.55. The molecule has 2 aromatic rings. The quantitative estimate of drug-likeness (QED) is 0.568. The Balaban J connectivity index is 2.19. The van der Waals surface area contributed by atoms with Crippen LogP contribution in [0.4, 0.5) is 0 Å². The number of benzene rings is 2. The van der Waals surface area contributed by atoms with Crippen LogP contribution in [0.5, 0.6) is 0 Å². The maximum atomic E-state index is 9.16. The third-order valence-electron chi connectivity index (χ3n) is 2.63. The Morgan fingerprint density at radius 3 is 2.32 bits per heavy atom. The predicted octanol–water partition coefficient (Wildman–Crippen LogP) is 4.96. The third kappa shape index (κ3) is 3.84. The van der Waals surface area contributed by atoms with Crippen LogP contribution in [-0.4, -0.2) is 0 Å². The zero-order valence-corrected chi connectivity index (χ0v) is 11.0. The van der Waals surface area contributed by atoms with E-state index in [1.165, 1.54) is 0 Å². The SMILES string of the molecule is N#C/C(=C/C=C/c1ccccc1)c1ccc(Cl)cc1. The molecule has 0 aliphatic rings. The van der Waals surface area contributed by atoms with E-state index in [1.54, 1.807) is 18.2 Å². The average Bonchev–Trinajstić information content (AvgIpc) is 2.46. The van der Waals surface area contributed by atoms with Crippen LogP contribution in [0, 0.1) is 11.3 Å². The highest BCUT2D eigenvalue weighted by molar-refractivity contribution is 6.30. The van der Waals surface area contributed by atoms with Crippen LogP contribution in [0.2, 0.25) is 5.02 Å². The molecule has 2 rings (SSSR count). The summed E-state index contributed by atoms with van der Waals surface area (Å²) < 4.78 is 0. The topological polar surface area (TPSA) is 23.8 Å². The summed E-state index contributed by atoms with van der Waals surface area (Å²) in [6, 6.07) is 19.4. The minimum absolute atomic E-state index is 0.615. The molecule has 0 atom stereocenters.